The lowest BCUT2D eigenvalue weighted by molar-refractivity contribution is 0.442. The third-order valence-electron chi connectivity index (χ3n) is 5.76. The Balaban J connectivity index is 1.85. The van der Waals surface area contributed by atoms with Crippen LogP contribution in [0, 0.1) is 0 Å². The number of benzene rings is 1. The molecule has 22 heavy (non-hydrogen) atoms. The van der Waals surface area contributed by atoms with Gasteiger partial charge in [-0.05, 0) is 77.6 Å². The minimum absolute atomic E-state index is 0.667. The van der Waals surface area contributed by atoms with Crippen LogP contribution in [0.25, 0.3) is 5.57 Å². The summed E-state index contributed by atoms with van der Waals surface area (Å²) in [5.74, 6) is 0.667. The quantitative estimate of drug-likeness (QED) is 0.763. The molecule has 3 aliphatic rings. The molecule has 0 amide bonds. The zero-order valence-corrected chi connectivity index (χ0v) is 13.4. The third kappa shape index (κ3) is 2.21. The summed E-state index contributed by atoms with van der Waals surface area (Å²) in [6, 6.07) is 4.42. The van der Waals surface area contributed by atoms with Crippen LogP contribution in [-0.2, 0) is 6.42 Å². The van der Waals surface area contributed by atoms with Gasteiger partial charge in [0, 0.05) is 12.2 Å². The van der Waals surface area contributed by atoms with Crippen molar-refractivity contribution in [1.82, 2.24) is 5.32 Å². The molecule has 2 heteroatoms. The van der Waals surface area contributed by atoms with Gasteiger partial charge >= 0.3 is 0 Å². The van der Waals surface area contributed by atoms with E-state index in [-0.39, 0.29) is 0 Å². The molecule has 1 fully saturated rings. The normalized spacial score (nSPS) is 22.5. The molecule has 0 spiro atoms. The molecule has 116 valence electrons. The van der Waals surface area contributed by atoms with Crippen molar-refractivity contribution < 1.29 is 0 Å². The van der Waals surface area contributed by atoms with Crippen LogP contribution in [0.5, 0.6) is 0 Å². The molecule has 1 aromatic carbocycles. The van der Waals surface area contributed by atoms with Gasteiger partial charge in [0.15, 0.2) is 0 Å². The van der Waals surface area contributed by atoms with E-state index in [4.69, 9.17) is 5.73 Å². The molecule has 0 radical (unpaired) electrons. The van der Waals surface area contributed by atoms with Gasteiger partial charge in [-0.2, -0.15) is 0 Å². The first kappa shape index (κ1) is 14.1. The summed E-state index contributed by atoms with van der Waals surface area (Å²) in [7, 11) is 0. The van der Waals surface area contributed by atoms with Crippen LogP contribution in [0.4, 0.5) is 5.69 Å². The van der Waals surface area contributed by atoms with Crippen LogP contribution in [0.15, 0.2) is 29.9 Å². The maximum absolute atomic E-state index is 6.43. The van der Waals surface area contributed by atoms with Gasteiger partial charge in [0.2, 0.25) is 0 Å². The summed E-state index contributed by atoms with van der Waals surface area (Å²) in [6.45, 7) is 6.44. The Morgan fingerprint density at radius 1 is 1.09 bits per heavy atom. The first-order valence-electron chi connectivity index (χ1n) is 8.78. The number of hydrogen-bond donors (Lipinski definition) is 2. The highest BCUT2D eigenvalue weighted by molar-refractivity contribution is 5.81. The second kappa shape index (κ2) is 5.58. The third-order valence-corrected chi connectivity index (χ3v) is 5.76. The lowest BCUT2D eigenvalue weighted by Gasteiger charge is -2.34. The Morgan fingerprint density at radius 3 is 2.73 bits per heavy atom. The minimum Gasteiger partial charge on any atom is -0.398 e. The van der Waals surface area contributed by atoms with Crippen LogP contribution >= 0.6 is 0 Å². The molecule has 0 bridgehead atoms. The topological polar surface area (TPSA) is 38.0 Å². The van der Waals surface area contributed by atoms with E-state index in [1.807, 2.05) is 0 Å². The van der Waals surface area contributed by atoms with Crippen LogP contribution < -0.4 is 11.1 Å². The fourth-order valence-electron chi connectivity index (χ4n) is 4.67. The monoisotopic (exact) mass is 294 g/mol. The van der Waals surface area contributed by atoms with Crippen molar-refractivity contribution in [2.75, 3.05) is 18.8 Å². The van der Waals surface area contributed by atoms with Crippen molar-refractivity contribution in [3.8, 4) is 0 Å². The first-order chi connectivity index (χ1) is 10.8. The van der Waals surface area contributed by atoms with Gasteiger partial charge in [-0.15, -0.1) is 0 Å². The van der Waals surface area contributed by atoms with Crippen LogP contribution in [-0.4, -0.2) is 13.1 Å². The highest BCUT2D eigenvalue weighted by Gasteiger charge is 2.29. The number of anilines is 1. The van der Waals surface area contributed by atoms with E-state index in [1.54, 1.807) is 0 Å². The molecular weight excluding hydrogens is 268 g/mol. The Bertz CT molecular complexity index is 648. The van der Waals surface area contributed by atoms with Crippen LogP contribution in [0.3, 0.4) is 0 Å². The average Bonchev–Trinajstić information content (AvgIpc) is 2.56. The van der Waals surface area contributed by atoms with Crippen molar-refractivity contribution >= 4 is 11.3 Å². The molecule has 0 atom stereocenters. The maximum atomic E-state index is 6.43. The van der Waals surface area contributed by atoms with Crippen molar-refractivity contribution in [3.05, 3.63) is 46.5 Å². The van der Waals surface area contributed by atoms with E-state index in [2.05, 4.69) is 24.0 Å². The standard InChI is InChI=1S/C20H26N2/c1-13-11-17-15(16-9-10-22-12-18(13)16)7-8-19(21)20(17)14-5-3-2-4-6-14/h7-8,14,22H,1-6,9-12,21H2. The number of fused-ring (bicyclic) bond motifs is 2. The summed E-state index contributed by atoms with van der Waals surface area (Å²) in [5, 5.41) is 3.49. The summed E-state index contributed by atoms with van der Waals surface area (Å²) in [5.41, 5.74) is 16.2. The first-order valence-corrected chi connectivity index (χ1v) is 8.78. The zero-order valence-electron chi connectivity index (χ0n) is 13.4. The van der Waals surface area contributed by atoms with Gasteiger partial charge in [0.05, 0.1) is 0 Å². The Morgan fingerprint density at radius 2 is 1.91 bits per heavy atom. The fraction of sp³-hybridized carbons (Fsp3) is 0.500. The predicted octanol–water partition coefficient (Wildman–Crippen LogP) is 4.18. The molecular formula is C20H26N2. The SMILES string of the molecule is C=C1Cc2c(ccc(N)c2C2CCCCC2)C2=C1CNCC2. The van der Waals surface area contributed by atoms with Gasteiger partial charge in [0.25, 0.3) is 0 Å². The smallest absolute Gasteiger partial charge is 0.0352 e. The second-order valence-corrected chi connectivity index (χ2v) is 7.09. The maximum Gasteiger partial charge on any atom is 0.0352 e. The van der Waals surface area contributed by atoms with E-state index in [0.717, 1.165) is 31.6 Å². The summed E-state index contributed by atoms with van der Waals surface area (Å²) in [6.07, 6.45) is 8.82. The Hall–Kier alpha value is -1.54. The molecule has 0 saturated heterocycles. The van der Waals surface area contributed by atoms with Crippen molar-refractivity contribution in [1.29, 1.82) is 0 Å². The molecule has 0 aromatic heterocycles. The van der Waals surface area contributed by atoms with E-state index in [1.165, 1.54) is 65.5 Å². The number of hydrogen-bond acceptors (Lipinski definition) is 2. The number of nitrogen functional groups attached to an aromatic ring is 1. The second-order valence-electron chi connectivity index (χ2n) is 7.09. The van der Waals surface area contributed by atoms with Crippen molar-refractivity contribution in [2.24, 2.45) is 0 Å². The molecule has 2 aliphatic carbocycles. The summed E-state index contributed by atoms with van der Waals surface area (Å²) in [4.78, 5) is 0. The molecule has 4 rings (SSSR count). The molecule has 0 unspecified atom stereocenters. The number of nitrogens with one attached hydrogen (secondary N) is 1. The minimum atomic E-state index is 0.667. The van der Waals surface area contributed by atoms with Gasteiger partial charge in [-0.3, -0.25) is 0 Å². The Kier molecular flexibility index (Phi) is 3.57. The van der Waals surface area contributed by atoms with Gasteiger partial charge in [-0.25, -0.2) is 0 Å². The van der Waals surface area contributed by atoms with E-state index in [0.29, 0.717) is 5.92 Å². The van der Waals surface area contributed by atoms with Crippen molar-refractivity contribution in [2.45, 2.75) is 50.9 Å². The van der Waals surface area contributed by atoms with Gasteiger partial charge < -0.3 is 11.1 Å². The predicted molar refractivity (Wildman–Crippen MR) is 93.9 cm³/mol. The average molecular weight is 294 g/mol. The van der Waals surface area contributed by atoms with Crippen LogP contribution in [0.2, 0.25) is 0 Å². The molecule has 1 aliphatic heterocycles. The molecule has 1 aromatic rings. The number of rotatable bonds is 1. The molecule has 2 nitrogen and oxygen atoms in total. The Labute approximate surface area is 133 Å². The van der Waals surface area contributed by atoms with E-state index < -0.39 is 0 Å². The summed E-state index contributed by atoms with van der Waals surface area (Å²) >= 11 is 0. The van der Waals surface area contributed by atoms with E-state index >= 15 is 0 Å². The number of nitrogens with two attached hydrogens (primary N) is 1. The molecule has 1 heterocycles. The fourth-order valence-corrected chi connectivity index (χ4v) is 4.67. The van der Waals surface area contributed by atoms with Gasteiger partial charge in [-0.1, -0.05) is 31.9 Å². The molecule has 3 N–H and O–H groups in total. The lowest BCUT2D eigenvalue weighted by Crippen LogP contribution is -2.28. The highest BCUT2D eigenvalue weighted by atomic mass is 14.9. The van der Waals surface area contributed by atoms with Crippen molar-refractivity contribution in [3.63, 3.8) is 0 Å². The highest BCUT2D eigenvalue weighted by Crippen LogP contribution is 2.45. The van der Waals surface area contributed by atoms with E-state index in [9.17, 15) is 0 Å². The summed E-state index contributed by atoms with van der Waals surface area (Å²) < 4.78 is 0. The molecule has 1 saturated carbocycles. The van der Waals surface area contributed by atoms with Gasteiger partial charge in [0.1, 0.15) is 0 Å². The largest absolute Gasteiger partial charge is 0.398 e. The lowest BCUT2D eigenvalue weighted by atomic mass is 9.73. The van der Waals surface area contributed by atoms with Crippen LogP contribution in [0.1, 0.15) is 61.1 Å². The zero-order chi connectivity index (χ0) is 15.1.